The lowest BCUT2D eigenvalue weighted by molar-refractivity contribution is 0.0416. The summed E-state index contributed by atoms with van der Waals surface area (Å²) in [5, 5.41) is 15.9. The van der Waals surface area contributed by atoms with Gasteiger partial charge in [-0.2, -0.15) is 5.10 Å². The minimum Gasteiger partial charge on any atom is -0.392 e. The van der Waals surface area contributed by atoms with Gasteiger partial charge in [-0.1, -0.05) is 48.9 Å². The van der Waals surface area contributed by atoms with Gasteiger partial charge in [0.25, 0.3) is 0 Å². The van der Waals surface area contributed by atoms with Crippen molar-refractivity contribution in [3.05, 3.63) is 101 Å². The molecule has 2 aliphatic rings. The highest BCUT2D eigenvalue weighted by Crippen LogP contribution is 2.52. The Bertz CT molecular complexity index is 1160. The molecule has 0 aliphatic heterocycles. The van der Waals surface area contributed by atoms with Crippen LogP contribution in [0.5, 0.6) is 0 Å². The standard InChI is InChI=1S/C27H27FN2O/c1-18-8-13-23(26(31)14-19-6-4-3-5-7-19)27(2)16-20-17-29-30(25(20)15-24(18)27)22-11-9-21(28)10-12-22/h3-12,15,17,23,26,31H,13-14,16H2,1-2H3. The van der Waals surface area contributed by atoms with Crippen LogP contribution >= 0.6 is 0 Å². The Labute approximate surface area is 182 Å². The van der Waals surface area contributed by atoms with Crippen molar-refractivity contribution in [2.75, 3.05) is 0 Å². The highest BCUT2D eigenvalue weighted by molar-refractivity contribution is 5.66. The number of aliphatic hydroxyl groups is 1. The van der Waals surface area contributed by atoms with Crippen LogP contribution in [0.1, 0.15) is 37.1 Å². The van der Waals surface area contributed by atoms with E-state index in [4.69, 9.17) is 0 Å². The monoisotopic (exact) mass is 414 g/mol. The molecule has 0 amide bonds. The van der Waals surface area contributed by atoms with Gasteiger partial charge in [0.1, 0.15) is 5.82 Å². The number of hydrogen-bond donors (Lipinski definition) is 1. The largest absolute Gasteiger partial charge is 0.392 e. The molecule has 158 valence electrons. The van der Waals surface area contributed by atoms with Crippen molar-refractivity contribution >= 4 is 6.08 Å². The van der Waals surface area contributed by atoms with Gasteiger partial charge in [0.05, 0.1) is 23.7 Å². The van der Waals surface area contributed by atoms with Crippen LogP contribution in [0, 0.1) is 17.2 Å². The molecule has 31 heavy (non-hydrogen) atoms. The van der Waals surface area contributed by atoms with E-state index < -0.39 is 6.10 Å². The van der Waals surface area contributed by atoms with Crippen LogP contribution in [0.25, 0.3) is 11.8 Å². The molecule has 3 unspecified atom stereocenters. The first-order valence-corrected chi connectivity index (χ1v) is 10.9. The molecule has 3 aromatic rings. The molecule has 1 heterocycles. The lowest BCUT2D eigenvalue weighted by atomic mass is 9.58. The summed E-state index contributed by atoms with van der Waals surface area (Å²) in [6.45, 7) is 4.44. The Kier molecular flexibility index (Phi) is 4.90. The fourth-order valence-electron chi connectivity index (χ4n) is 5.41. The molecule has 0 saturated carbocycles. The van der Waals surface area contributed by atoms with Crippen LogP contribution in [0.2, 0.25) is 0 Å². The summed E-state index contributed by atoms with van der Waals surface area (Å²) in [5.74, 6) is -0.123. The maximum atomic E-state index is 13.4. The molecule has 0 fully saturated rings. The van der Waals surface area contributed by atoms with Gasteiger partial charge in [0, 0.05) is 5.41 Å². The Hall–Kier alpha value is -2.98. The summed E-state index contributed by atoms with van der Waals surface area (Å²) in [6, 6.07) is 16.7. The molecule has 0 spiro atoms. The van der Waals surface area contributed by atoms with E-state index >= 15 is 0 Å². The molecule has 0 saturated heterocycles. The van der Waals surface area contributed by atoms with Gasteiger partial charge in [-0.25, -0.2) is 9.07 Å². The molecule has 1 N–H and O–H groups in total. The van der Waals surface area contributed by atoms with Crippen molar-refractivity contribution < 1.29 is 9.50 Å². The molecule has 3 atom stereocenters. The maximum absolute atomic E-state index is 13.4. The molecule has 0 radical (unpaired) electrons. The van der Waals surface area contributed by atoms with Gasteiger partial charge in [-0.15, -0.1) is 0 Å². The number of aromatic nitrogens is 2. The van der Waals surface area contributed by atoms with Gasteiger partial charge in [-0.05, 0) is 79.1 Å². The first kappa shape index (κ1) is 20.0. The number of rotatable bonds is 4. The maximum Gasteiger partial charge on any atom is 0.123 e. The first-order chi connectivity index (χ1) is 15.0. The second kappa shape index (κ2) is 7.61. The van der Waals surface area contributed by atoms with Crippen molar-refractivity contribution in [2.24, 2.45) is 11.3 Å². The molecule has 2 aromatic carbocycles. The fraction of sp³-hybridized carbons (Fsp3) is 0.296. The number of nitrogens with zero attached hydrogens (tertiary/aromatic N) is 2. The van der Waals surface area contributed by atoms with Crippen LogP contribution in [0.15, 0.2) is 78.0 Å². The molecule has 4 heteroatoms. The quantitative estimate of drug-likeness (QED) is 0.610. The van der Waals surface area contributed by atoms with E-state index in [1.165, 1.54) is 28.8 Å². The third kappa shape index (κ3) is 3.45. The van der Waals surface area contributed by atoms with Crippen LogP contribution < -0.4 is 0 Å². The van der Waals surface area contributed by atoms with E-state index in [1.807, 2.05) is 29.1 Å². The molecule has 3 nitrogen and oxygen atoms in total. The summed E-state index contributed by atoms with van der Waals surface area (Å²) >= 11 is 0. The van der Waals surface area contributed by atoms with Crippen molar-refractivity contribution in [3.63, 3.8) is 0 Å². The predicted molar refractivity (Wildman–Crippen MR) is 121 cm³/mol. The number of benzene rings is 2. The topological polar surface area (TPSA) is 38.1 Å². The molecule has 0 bridgehead atoms. The zero-order valence-corrected chi connectivity index (χ0v) is 17.9. The van der Waals surface area contributed by atoms with E-state index in [2.05, 4.69) is 43.2 Å². The first-order valence-electron chi connectivity index (χ1n) is 10.9. The van der Waals surface area contributed by atoms with Crippen LogP contribution in [-0.2, 0) is 12.8 Å². The fourth-order valence-corrected chi connectivity index (χ4v) is 5.41. The smallest absolute Gasteiger partial charge is 0.123 e. The average molecular weight is 415 g/mol. The highest BCUT2D eigenvalue weighted by atomic mass is 19.1. The lowest BCUT2D eigenvalue weighted by Gasteiger charge is -2.47. The number of hydrogen-bond acceptors (Lipinski definition) is 2. The molecular weight excluding hydrogens is 387 g/mol. The number of allylic oxidation sites excluding steroid dienone is 3. The third-order valence-corrected chi connectivity index (χ3v) is 7.08. The van der Waals surface area contributed by atoms with Gasteiger partial charge < -0.3 is 5.11 Å². The third-order valence-electron chi connectivity index (χ3n) is 7.08. The van der Waals surface area contributed by atoms with E-state index in [1.54, 1.807) is 12.1 Å². The summed E-state index contributed by atoms with van der Waals surface area (Å²) in [4.78, 5) is 0. The zero-order chi connectivity index (χ0) is 21.6. The normalized spacial score (nSPS) is 23.4. The zero-order valence-electron chi connectivity index (χ0n) is 17.9. The Morgan fingerprint density at radius 3 is 2.65 bits per heavy atom. The van der Waals surface area contributed by atoms with E-state index in [0.717, 1.165) is 29.8 Å². The Morgan fingerprint density at radius 1 is 1.16 bits per heavy atom. The van der Waals surface area contributed by atoms with Crippen molar-refractivity contribution in [1.29, 1.82) is 0 Å². The summed E-state index contributed by atoms with van der Waals surface area (Å²) in [6.07, 6.45) is 8.34. The molecule has 2 aliphatic carbocycles. The second-order valence-electron chi connectivity index (χ2n) is 9.08. The van der Waals surface area contributed by atoms with Gasteiger partial charge in [0.15, 0.2) is 0 Å². The Balaban J connectivity index is 1.51. The van der Waals surface area contributed by atoms with Crippen LogP contribution in [-0.4, -0.2) is 21.0 Å². The van der Waals surface area contributed by atoms with E-state index in [9.17, 15) is 9.50 Å². The molecule has 5 rings (SSSR count). The minimum atomic E-state index is -0.422. The second-order valence-corrected chi connectivity index (χ2v) is 9.08. The van der Waals surface area contributed by atoms with Crippen LogP contribution in [0.3, 0.4) is 0 Å². The van der Waals surface area contributed by atoms with Crippen molar-refractivity contribution in [3.8, 4) is 5.69 Å². The van der Waals surface area contributed by atoms with Gasteiger partial charge >= 0.3 is 0 Å². The number of aliphatic hydroxyl groups excluding tert-OH is 1. The Morgan fingerprint density at radius 2 is 1.90 bits per heavy atom. The minimum absolute atomic E-state index is 0.130. The summed E-state index contributed by atoms with van der Waals surface area (Å²) in [5.41, 5.74) is 6.61. The predicted octanol–water partition coefficient (Wildman–Crippen LogP) is 5.53. The number of halogens is 1. The van der Waals surface area contributed by atoms with Crippen molar-refractivity contribution in [1.82, 2.24) is 9.78 Å². The average Bonchev–Trinajstić information content (AvgIpc) is 3.16. The van der Waals surface area contributed by atoms with E-state index in [0.29, 0.717) is 6.42 Å². The van der Waals surface area contributed by atoms with E-state index in [-0.39, 0.29) is 17.2 Å². The molecular formula is C27H27FN2O. The lowest BCUT2D eigenvalue weighted by Crippen LogP contribution is -2.43. The van der Waals surface area contributed by atoms with Gasteiger partial charge in [0.2, 0.25) is 0 Å². The SMILES string of the molecule is CC1=CCC(C(O)Cc2ccccc2)C2(C)Cc3cnn(-c4ccc(F)cc4)c3C=C12. The number of fused-ring (bicyclic) bond motifs is 2. The van der Waals surface area contributed by atoms with Gasteiger partial charge in [-0.3, -0.25) is 0 Å². The highest BCUT2D eigenvalue weighted by Gasteiger charge is 2.46. The van der Waals surface area contributed by atoms with Crippen molar-refractivity contribution in [2.45, 2.75) is 39.2 Å². The molecule has 1 aromatic heterocycles. The van der Waals surface area contributed by atoms with Crippen LogP contribution in [0.4, 0.5) is 4.39 Å². The summed E-state index contributed by atoms with van der Waals surface area (Å²) in [7, 11) is 0. The summed E-state index contributed by atoms with van der Waals surface area (Å²) < 4.78 is 15.3.